The van der Waals surface area contributed by atoms with Gasteiger partial charge < -0.3 is 9.64 Å². The van der Waals surface area contributed by atoms with E-state index in [4.69, 9.17) is 4.74 Å². The first kappa shape index (κ1) is 11.4. The van der Waals surface area contributed by atoms with Crippen molar-refractivity contribution in [1.82, 2.24) is 4.90 Å². The number of rotatable bonds is 1. The van der Waals surface area contributed by atoms with Crippen molar-refractivity contribution in [3.05, 3.63) is 0 Å². The van der Waals surface area contributed by atoms with E-state index in [1.54, 1.807) is 11.8 Å². The van der Waals surface area contributed by atoms with Crippen LogP contribution in [0.25, 0.3) is 0 Å². The highest BCUT2D eigenvalue weighted by Gasteiger charge is 2.56. The Kier molecular flexibility index (Phi) is 2.48. The van der Waals surface area contributed by atoms with Gasteiger partial charge in [-0.05, 0) is 40.0 Å². The molecule has 4 heteroatoms. The van der Waals surface area contributed by atoms with Crippen molar-refractivity contribution in [2.24, 2.45) is 11.8 Å². The average Bonchev–Trinajstić information content (AvgIpc) is 2.53. The van der Waals surface area contributed by atoms with Gasteiger partial charge in [0.1, 0.15) is 11.4 Å². The highest BCUT2D eigenvalue weighted by Crippen LogP contribution is 2.47. The molecule has 1 amide bonds. The second-order valence-corrected chi connectivity index (χ2v) is 5.83. The van der Waals surface area contributed by atoms with Crippen LogP contribution in [0.3, 0.4) is 0 Å². The minimum absolute atomic E-state index is 0.0625. The fourth-order valence-corrected chi connectivity index (χ4v) is 2.75. The molecule has 3 aliphatic rings. The predicted octanol–water partition coefficient (Wildman–Crippen LogP) is 1.83. The van der Waals surface area contributed by atoms with Crippen molar-refractivity contribution in [2.75, 3.05) is 6.54 Å². The monoisotopic (exact) mass is 225 g/mol. The molecule has 3 rings (SSSR count). The Hall–Kier alpha value is -1.06. The third-order valence-electron chi connectivity index (χ3n) is 3.40. The third kappa shape index (κ3) is 1.81. The fraction of sp³-hybridized carbons (Fsp3) is 0.833. The maximum absolute atomic E-state index is 11.9. The van der Waals surface area contributed by atoms with Gasteiger partial charge in [0.05, 0.1) is 0 Å². The Morgan fingerprint density at radius 2 is 1.94 bits per heavy atom. The van der Waals surface area contributed by atoms with E-state index < -0.39 is 5.60 Å². The molecule has 4 nitrogen and oxygen atoms in total. The summed E-state index contributed by atoms with van der Waals surface area (Å²) in [4.78, 5) is 24.9. The van der Waals surface area contributed by atoms with Gasteiger partial charge in [-0.3, -0.25) is 4.79 Å². The summed E-state index contributed by atoms with van der Waals surface area (Å²) in [6.07, 6.45) is 0.687. The van der Waals surface area contributed by atoms with Gasteiger partial charge in [0.25, 0.3) is 0 Å². The number of carbonyl (C=O) groups is 2. The molecule has 0 spiro atoms. The number of Topliss-reactive ketones (excluding diaryl/α,β-unsaturated/α-hetero) is 1. The lowest BCUT2D eigenvalue weighted by atomic mass is 9.72. The summed E-state index contributed by atoms with van der Waals surface area (Å²) < 4.78 is 5.32. The maximum atomic E-state index is 11.9. The van der Waals surface area contributed by atoms with E-state index in [0.717, 1.165) is 6.42 Å². The fourth-order valence-electron chi connectivity index (χ4n) is 2.75. The molecular formula is C12H19NO3. The van der Waals surface area contributed by atoms with E-state index in [1.165, 1.54) is 0 Å². The lowest BCUT2D eigenvalue weighted by Crippen LogP contribution is -2.45. The molecule has 0 unspecified atom stereocenters. The van der Waals surface area contributed by atoms with Crippen LogP contribution in [0.2, 0.25) is 0 Å². The van der Waals surface area contributed by atoms with E-state index >= 15 is 0 Å². The van der Waals surface area contributed by atoms with Gasteiger partial charge in [-0.15, -0.1) is 0 Å². The first-order valence-electron chi connectivity index (χ1n) is 5.79. The van der Waals surface area contributed by atoms with Gasteiger partial charge in [0, 0.05) is 18.5 Å². The highest BCUT2D eigenvalue weighted by atomic mass is 16.6. The molecule has 2 saturated heterocycles. The molecule has 2 aliphatic heterocycles. The van der Waals surface area contributed by atoms with Gasteiger partial charge in [0.15, 0.2) is 0 Å². The van der Waals surface area contributed by atoms with E-state index in [1.807, 2.05) is 20.8 Å². The number of ether oxygens (including phenoxy) is 1. The molecule has 3 atom stereocenters. The lowest BCUT2D eigenvalue weighted by molar-refractivity contribution is -0.125. The molecule has 1 aliphatic carbocycles. The average molecular weight is 225 g/mol. The minimum atomic E-state index is -0.463. The SMILES string of the molecule is CC(=O)[C@H]1[C@@H]2C[C@H]1N(C(=O)OC(C)(C)C)C2. The van der Waals surface area contributed by atoms with Crippen LogP contribution in [0.4, 0.5) is 4.79 Å². The van der Waals surface area contributed by atoms with Gasteiger partial charge in [-0.25, -0.2) is 4.79 Å². The summed E-state index contributed by atoms with van der Waals surface area (Å²) >= 11 is 0. The standard InChI is InChI=1S/C12H19NO3/c1-7(14)10-8-5-9(10)13(6-8)11(15)16-12(2,3)4/h8-10H,5-6H2,1-4H3/t8-,9-,10+/m1/s1. The quantitative estimate of drug-likeness (QED) is 0.684. The van der Waals surface area contributed by atoms with Gasteiger partial charge >= 0.3 is 6.09 Å². The van der Waals surface area contributed by atoms with Crippen molar-refractivity contribution in [1.29, 1.82) is 0 Å². The molecular weight excluding hydrogens is 206 g/mol. The molecule has 16 heavy (non-hydrogen) atoms. The van der Waals surface area contributed by atoms with Crippen LogP contribution in [0.1, 0.15) is 34.1 Å². The number of ketones is 1. The number of nitrogens with zero attached hydrogens (tertiary/aromatic N) is 1. The van der Waals surface area contributed by atoms with Gasteiger partial charge in [-0.2, -0.15) is 0 Å². The summed E-state index contributed by atoms with van der Waals surface area (Å²) in [5.41, 5.74) is -0.463. The minimum Gasteiger partial charge on any atom is -0.444 e. The highest BCUT2D eigenvalue weighted by molar-refractivity contribution is 5.83. The summed E-state index contributed by atoms with van der Waals surface area (Å²) in [6.45, 7) is 7.86. The van der Waals surface area contributed by atoms with Crippen LogP contribution in [-0.4, -0.2) is 35.0 Å². The van der Waals surface area contributed by atoms with Crippen molar-refractivity contribution in [3.63, 3.8) is 0 Å². The van der Waals surface area contributed by atoms with Crippen molar-refractivity contribution < 1.29 is 14.3 Å². The van der Waals surface area contributed by atoms with Gasteiger partial charge in [0.2, 0.25) is 0 Å². The van der Waals surface area contributed by atoms with Crippen LogP contribution in [0.15, 0.2) is 0 Å². The molecule has 0 radical (unpaired) electrons. The topological polar surface area (TPSA) is 46.6 Å². The summed E-state index contributed by atoms with van der Waals surface area (Å²) in [5, 5.41) is 0. The first-order valence-corrected chi connectivity index (χ1v) is 5.79. The second-order valence-electron chi connectivity index (χ2n) is 5.83. The molecule has 0 aromatic carbocycles. The van der Waals surface area contributed by atoms with E-state index in [-0.39, 0.29) is 23.8 Å². The van der Waals surface area contributed by atoms with E-state index in [0.29, 0.717) is 12.5 Å². The number of amides is 1. The smallest absolute Gasteiger partial charge is 0.410 e. The van der Waals surface area contributed by atoms with Crippen LogP contribution < -0.4 is 0 Å². The largest absolute Gasteiger partial charge is 0.444 e. The Morgan fingerprint density at radius 1 is 1.31 bits per heavy atom. The lowest BCUT2D eigenvalue weighted by Gasteiger charge is -2.34. The third-order valence-corrected chi connectivity index (χ3v) is 3.40. The molecule has 0 aromatic rings. The van der Waals surface area contributed by atoms with Crippen LogP contribution in [-0.2, 0) is 9.53 Å². The number of hydrogen-bond donors (Lipinski definition) is 0. The molecule has 0 N–H and O–H groups in total. The van der Waals surface area contributed by atoms with E-state index in [2.05, 4.69) is 0 Å². The molecule has 2 heterocycles. The second kappa shape index (κ2) is 3.47. The van der Waals surface area contributed by atoms with Gasteiger partial charge in [-0.1, -0.05) is 0 Å². The zero-order valence-corrected chi connectivity index (χ0v) is 10.3. The zero-order chi connectivity index (χ0) is 12.1. The Labute approximate surface area is 95.9 Å². The molecule has 1 saturated carbocycles. The molecule has 3 fully saturated rings. The number of fused-ring (bicyclic) bond motifs is 1. The van der Waals surface area contributed by atoms with Crippen LogP contribution >= 0.6 is 0 Å². The van der Waals surface area contributed by atoms with Crippen LogP contribution in [0, 0.1) is 11.8 Å². The zero-order valence-electron chi connectivity index (χ0n) is 10.3. The van der Waals surface area contributed by atoms with Crippen LogP contribution in [0.5, 0.6) is 0 Å². The normalized spacial score (nSPS) is 32.2. The number of carbonyl (C=O) groups excluding carboxylic acids is 2. The summed E-state index contributed by atoms with van der Waals surface area (Å²) in [6, 6.07) is 0.0948. The Bertz CT molecular complexity index is 332. The molecule has 0 aromatic heterocycles. The summed E-state index contributed by atoms with van der Waals surface area (Å²) in [7, 11) is 0. The Balaban J connectivity index is 1.99. The number of hydrogen-bond acceptors (Lipinski definition) is 3. The summed E-state index contributed by atoms with van der Waals surface area (Å²) in [5.74, 6) is 0.634. The predicted molar refractivity (Wildman–Crippen MR) is 59.0 cm³/mol. The van der Waals surface area contributed by atoms with Crippen molar-refractivity contribution in [3.8, 4) is 0 Å². The maximum Gasteiger partial charge on any atom is 0.410 e. The van der Waals surface area contributed by atoms with E-state index in [9.17, 15) is 9.59 Å². The Morgan fingerprint density at radius 3 is 2.38 bits per heavy atom. The molecule has 2 bridgehead atoms. The first-order chi connectivity index (χ1) is 7.29. The van der Waals surface area contributed by atoms with Crippen molar-refractivity contribution >= 4 is 11.9 Å². The molecule has 90 valence electrons. The van der Waals surface area contributed by atoms with Crippen molar-refractivity contribution in [2.45, 2.75) is 45.8 Å².